The molecule has 102 valence electrons. The molecule has 1 atom stereocenters. The maximum atomic E-state index is 12.3. The zero-order valence-electron chi connectivity index (χ0n) is 8.62. The van der Waals surface area contributed by atoms with Gasteiger partial charge in [-0.25, -0.2) is 8.78 Å². The Labute approximate surface area is 93.6 Å². The fourth-order valence-corrected chi connectivity index (χ4v) is 1.17. The second kappa shape index (κ2) is 6.70. The lowest BCUT2D eigenvalue weighted by Crippen LogP contribution is -2.43. The van der Waals surface area contributed by atoms with E-state index < -0.39 is 50.7 Å². The molecule has 0 aliphatic rings. The number of hydrogen-bond donors (Lipinski definition) is 2. The van der Waals surface area contributed by atoms with Crippen molar-refractivity contribution in [1.82, 2.24) is 4.90 Å². The minimum atomic E-state index is -5.01. The summed E-state index contributed by atoms with van der Waals surface area (Å²) in [7, 11) is 0. The van der Waals surface area contributed by atoms with Gasteiger partial charge >= 0.3 is 12.1 Å². The van der Waals surface area contributed by atoms with Crippen molar-refractivity contribution in [1.29, 1.82) is 0 Å². The molecule has 0 amide bonds. The van der Waals surface area contributed by atoms with Crippen LogP contribution in [0.25, 0.3) is 0 Å². The third-order valence-corrected chi connectivity index (χ3v) is 1.95. The molecule has 0 saturated carbocycles. The van der Waals surface area contributed by atoms with Crippen LogP contribution in [0.15, 0.2) is 0 Å². The maximum absolute atomic E-state index is 12.3. The Morgan fingerprint density at radius 1 is 1.24 bits per heavy atom. The van der Waals surface area contributed by atoms with Crippen molar-refractivity contribution < 1.29 is 37.0 Å². The lowest BCUT2D eigenvalue weighted by molar-refractivity contribution is -0.197. The van der Waals surface area contributed by atoms with Gasteiger partial charge in [-0.3, -0.25) is 9.69 Å². The van der Waals surface area contributed by atoms with Crippen molar-refractivity contribution in [3.63, 3.8) is 0 Å². The van der Waals surface area contributed by atoms with Crippen molar-refractivity contribution in [2.75, 3.05) is 26.2 Å². The van der Waals surface area contributed by atoms with Gasteiger partial charge in [0.1, 0.15) is 0 Å². The van der Waals surface area contributed by atoms with Crippen LogP contribution in [0.5, 0.6) is 0 Å². The van der Waals surface area contributed by atoms with Gasteiger partial charge in [0.2, 0.25) is 0 Å². The van der Waals surface area contributed by atoms with Gasteiger partial charge in [-0.2, -0.15) is 13.2 Å². The third-order valence-electron chi connectivity index (χ3n) is 1.95. The normalized spacial score (nSPS) is 14.4. The summed E-state index contributed by atoms with van der Waals surface area (Å²) >= 11 is 0. The summed E-state index contributed by atoms with van der Waals surface area (Å²) in [6.07, 6.45) is -7.91. The molecule has 0 saturated heterocycles. The van der Waals surface area contributed by atoms with Crippen molar-refractivity contribution in [2.24, 2.45) is 5.92 Å². The summed E-state index contributed by atoms with van der Waals surface area (Å²) in [4.78, 5) is 10.9. The standard InChI is InChI=1S/C8H12F5NO3/c9-6(10)4-14(1-2-15)3-5(7(16)17)8(11,12)13/h5-6,15H,1-4H2,(H,16,17). The number of nitrogens with zero attached hydrogens (tertiary/aromatic N) is 1. The largest absolute Gasteiger partial charge is 0.481 e. The van der Waals surface area contributed by atoms with Crippen LogP contribution in [0.2, 0.25) is 0 Å². The Morgan fingerprint density at radius 3 is 2.06 bits per heavy atom. The molecular formula is C8H12F5NO3. The average Bonchev–Trinajstić information content (AvgIpc) is 2.10. The number of carboxylic acid groups (broad SMARTS) is 1. The van der Waals surface area contributed by atoms with Gasteiger partial charge in [0.15, 0.2) is 5.92 Å². The highest BCUT2D eigenvalue weighted by Gasteiger charge is 2.46. The molecule has 0 bridgehead atoms. The fraction of sp³-hybridized carbons (Fsp3) is 0.875. The number of aliphatic carboxylic acids is 1. The topological polar surface area (TPSA) is 60.8 Å². The van der Waals surface area contributed by atoms with Crippen LogP contribution in [-0.2, 0) is 4.79 Å². The molecule has 9 heteroatoms. The predicted octanol–water partition coefficient (Wildman–Crippen LogP) is 0.809. The molecule has 2 N–H and O–H groups in total. The first-order chi connectivity index (χ1) is 7.68. The molecule has 0 aromatic carbocycles. The van der Waals surface area contributed by atoms with E-state index in [0.717, 1.165) is 0 Å². The smallest absolute Gasteiger partial charge is 0.403 e. The Morgan fingerprint density at radius 2 is 1.76 bits per heavy atom. The van der Waals surface area contributed by atoms with E-state index in [4.69, 9.17) is 10.2 Å². The Bertz CT molecular complexity index is 246. The zero-order valence-corrected chi connectivity index (χ0v) is 8.62. The molecule has 0 fully saturated rings. The summed E-state index contributed by atoms with van der Waals surface area (Å²) < 4.78 is 60.8. The Kier molecular flexibility index (Phi) is 6.32. The number of carboxylic acids is 1. The summed E-state index contributed by atoms with van der Waals surface area (Å²) in [5, 5.41) is 16.9. The fourth-order valence-electron chi connectivity index (χ4n) is 1.17. The SMILES string of the molecule is O=C(O)C(CN(CCO)CC(F)F)C(F)(F)F. The quantitative estimate of drug-likeness (QED) is 0.669. The molecule has 0 aromatic rings. The second-order valence-electron chi connectivity index (χ2n) is 3.31. The molecule has 0 rings (SSSR count). The van der Waals surface area contributed by atoms with Crippen LogP contribution >= 0.6 is 0 Å². The third kappa shape index (κ3) is 6.37. The highest BCUT2D eigenvalue weighted by molar-refractivity contribution is 5.71. The van der Waals surface area contributed by atoms with Gasteiger partial charge in [-0.1, -0.05) is 0 Å². The lowest BCUT2D eigenvalue weighted by Gasteiger charge is -2.25. The van der Waals surface area contributed by atoms with Crippen LogP contribution in [0, 0.1) is 5.92 Å². The Hall–Kier alpha value is -0.960. The van der Waals surface area contributed by atoms with Gasteiger partial charge in [0, 0.05) is 13.1 Å². The molecule has 0 spiro atoms. The predicted molar refractivity (Wildman–Crippen MR) is 46.7 cm³/mol. The summed E-state index contributed by atoms with van der Waals surface area (Å²) in [6, 6.07) is 0. The van der Waals surface area contributed by atoms with E-state index in [0.29, 0.717) is 4.90 Å². The van der Waals surface area contributed by atoms with Gasteiger partial charge in [0.25, 0.3) is 6.43 Å². The first-order valence-electron chi connectivity index (χ1n) is 4.59. The first kappa shape index (κ1) is 16.0. The summed E-state index contributed by atoms with van der Waals surface area (Å²) in [6.45, 7) is -3.19. The highest BCUT2D eigenvalue weighted by atomic mass is 19.4. The molecule has 0 aliphatic heterocycles. The average molecular weight is 265 g/mol. The van der Waals surface area contributed by atoms with E-state index >= 15 is 0 Å². The van der Waals surface area contributed by atoms with Gasteiger partial charge in [-0.05, 0) is 0 Å². The van der Waals surface area contributed by atoms with Gasteiger partial charge in [0.05, 0.1) is 13.2 Å². The number of aliphatic hydroxyl groups excluding tert-OH is 1. The number of alkyl halides is 5. The van der Waals surface area contributed by atoms with Crippen molar-refractivity contribution in [3.05, 3.63) is 0 Å². The van der Waals surface area contributed by atoms with E-state index in [9.17, 15) is 26.7 Å². The van der Waals surface area contributed by atoms with E-state index in [1.807, 2.05) is 0 Å². The molecule has 0 radical (unpaired) electrons. The van der Waals surface area contributed by atoms with E-state index in [1.165, 1.54) is 0 Å². The van der Waals surface area contributed by atoms with Crippen LogP contribution < -0.4 is 0 Å². The minimum absolute atomic E-state index is 0.440. The first-order valence-corrected chi connectivity index (χ1v) is 4.59. The highest BCUT2D eigenvalue weighted by Crippen LogP contribution is 2.27. The van der Waals surface area contributed by atoms with Crippen molar-refractivity contribution in [3.8, 4) is 0 Å². The molecule has 4 nitrogen and oxygen atoms in total. The minimum Gasteiger partial charge on any atom is -0.481 e. The van der Waals surface area contributed by atoms with E-state index in [-0.39, 0.29) is 0 Å². The van der Waals surface area contributed by atoms with E-state index in [1.54, 1.807) is 0 Å². The number of rotatable bonds is 7. The number of carbonyl (C=O) groups is 1. The monoisotopic (exact) mass is 265 g/mol. The second-order valence-corrected chi connectivity index (χ2v) is 3.31. The van der Waals surface area contributed by atoms with Crippen molar-refractivity contribution >= 4 is 5.97 Å². The maximum Gasteiger partial charge on any atom is 0.403 e. The van der Waals surface area contributed by atoms with Gasteiger partial charge < -0.3 is 10.2 Å². The Balaban J connectivity index is 4.62. The molecule has 1 unspecified atom stereocenters. The number of hydrogen-bond acceptors (Lipinski definition) is 3. The van der Waals surface area contributed by atoms with E-state index in [2.05, 4.69) is 0 Å². The van der Waals surface area contributed by atoms with Crippen LogP contribution in [0.4, 0.5) is 22.0 Å². The number of halogens is 5. The van der Waals surface area contributed by atoms with Crippen molar-refractivity contribution in [2.45, 2.75) is 12.6 Å². The summed E-state index contributed by atoms with van der Waals surface area (Å²) in [5.74, 6) is -4.87. The van der Waals surface area contributed by atoms with Crippen LogP contribution in [-0.4, -0.2) is 59.9 Å². The van der Waals surface area contributed by atoms with Crippen LogP contribution in [0.3, 0.4) is 0 Å². The van der Waals surface area contributed by atoms with Gasteiger partial charge in [-0.15, -0.1) is 0 Å². The van der Waals surface area contributed by atoms with Crippen LogP contribution in [0.1, 0.15) is 0 Å². The molecule has 0 aromatic heterocycles. The molecule has 0 heterocycles. The summed E-state index contributed by atoms with van der Waals surface area (Å²) in [5.41, 5.74) is 0. The molecule has 17 heavy (non-hydrogen) atoms. The molecular weight excluding hydrogens is 253 g/mol. The number of aliphatic hydroxyl groups is 1. The zero-order chi connectivity index (χ0) is 13.6. The molecule has 0 aliphatic carbocycles. The lowest BCUT2D eigenvalue weighted by atomic mass is 10.1.